The molecule has 0 aromatic carbocycles. The lowest BCUT2D eigenvalue weighted by atomic mass is 10.0. The predicted octanol–water partition coefficient (Wildman–Crippen LogP) is 25.0. The lowest BCUT2D eigenvalue weighted by Crippen LogP contribution is -2.30. The van der Waals surface area contributed by atoms with E-state index in [1.807, 2.05) is 0 Å². The number of rotatable bonds is 66. The predicted molar refractivity (Wildman–Crippen MR) is 362 cm³/mol. The van der Waals surface area contributed by atoms with Gasteiger partial charge >= 0.3 is 17.9 Å². The molecular weight excluding hydrogens is 1020 g/mol. The Morgan fingerprint density at radius 1 is 0.253 bits per heavy atom. The molecule has 0 aliphatic heterocycles. The summed E-state index contributed by atoms with van der Waals surface area (Å²) in [5.74, 6) is -0.917. The van der Waals surface area contributed by atoms with Gasteiger partial charge < -0.3 is 14.2 Å². The van der Waals surface area contributed by atoms with Crippen LogP contribution < -0.4 is 0 Å². The van der Waals surface area contributed by atoms with Crippen LogP contribution in [0.15, 0.2) is 85.1 Å². The Morgan fingerprint density at radius 2 is 0.470 bits per heavy atom. The van der Waals surface area contributed by atoms with Gasteiger partial charge in [-0.05, 0) is 96.3 Å². The van der Waals surface area contributed by atoms with Crippen molar-refractivity contribution < 1.29 is 28.6 Å². The minimum Gasteiger partial charge on any atom is -0.462 e. The molecule has 0 fully saturated rings. The van der Waals surface area contributed by atoms with E-state index in [1.54, 1.807) is 0 Å². The number of ether oxygens (including phenoxy) is 3. The molecule has 0 spiro atoms. The largest absolute Gasteiger partial charge is 0.462 e. The van der Waals surface area contributed by atoms with E-state index in [2.05, 4.69) is 106 Å². The quantitative estimate of drug-likeness (QED) is 0.0261. The first-order chi connectivity index (χ1) is 41.0. The van der Waals surface area contributed by atoms with Crippen LogP contribution in [0.25, 0.3) is 0 Å². The summed E-state index contributed by atoms with van der Waals surface area (Å²) >= 11 is 0. The molecular formula is C77H136O6. The SMILES string of the molecule is CC/C=C\C/C=C\C/C=C\C/C=C\C/C=C\C/C=C\CCCCC(=O)OC(COC(=O)CCCCCCCCCCCCC)COC(=O)CCCCCCCCCCCCCCCCCCCCCCC/C=C\CCCCCCCCCC. The summed E-state index contributed by atoms with van der Waals surface area (Å²) in [7, 11) is 0. The summed E-state index contributed by atoms with van der Waals surface area (Å²) in [6.07, 6.45) is 95.0. The molecule has 0 aromatic rings. The number of unbranched alkanes of at least 4 members (excludes halogenated alkanes) is 41. The van der Waals surface area contributed by atoms with Crippen LogP contribution in [0.4, 0.5) is 0 Å². The smallest absolute Gasteiger partial charge is 0.306 e. The molecule has 0 aliphatic carbocycles. The molecule has 0 bridgehead atoms. The van der Waals surface area contributed by atoms with Crippen LogP contribution >= 0.6 is 0 Å². The molecule has 0 radical (unpaired) electrons. The highest BCUT2D eigenvalue weighted by Gasteiger charge is 2.19. The first-order valence-electron chi connectivity index (χ1n) is 36.1. The van der Waals surface area contributed by atoms with Crippen molar-refractivity contribution in [2.24, 2.45) is 0 Å². The number of allylic oxidation sites excluding steroid dienone is 14. The Balaban J connectivity index is 4.17. The van der Waals surface area contributed by atoms with Crippen LogP contribution in [-0.4, -0.2) is 37.2 Å². The van der Waals surface area contributed by atoms with Gasteiger partial charge in [0.15, 0.2) is 6.10 Å². The highest BCUT2D eigenvalue weighted by Crippen LogP contribution is 2.18. The third kappa shape index (κ3) is 69.3. The summed E-state index contributed by atoms with van der Waals surface area (Å²) < 4.78 is 16.9. The van der Waals surface area contributed by atoms with Gasteiger partial charge in [0.2, 0.25) is 0 Å². The maximum atomic E-state index is 12.9. The molecule has 6 nitrogen and oxygen atoms in total. The lowest BCUT2D eigenvalue weighted by molar-refractivity contribution is -0.167. The van der Waals surface area contributed by atoms with E-state index in [0.717, 1.165) is 89.9 Å². The second-order valence-electron chi connectivity index (χ2n) is 24.1. The highest BCUT2D eigenvalue weighted by molar-refractivity contribution is 5.71. The van der Waals surface area contributed by atoms with Crippen LogP contribution in [0.5, 0.6) is 0 Å². The average molecular weight is 1160 g/mol. The third-order valence-corrected chi connectivity index (χ3v) is 15.9. The van der Waals surface area contributed by atoms with E-state index in [9.17, 15) is 14.4 Å². The van der Waals surface area contributed by atoms with Crippen molar-refractivity contribution in [2.45, 2.75) is 374 Å². The molecule has 0 saturated heterocycles. The Morgan fingerprint density at radius 3 is 0.771 bits per heavy atom. The van der Waals surface area contributed by atoms with E-state index in [0.29, 0.717) is 19.3 Å². The van der Waals surface area contributed by atoms with E-state index in [4.69, 9.17) is 14.2 Å². The maximum Gasteiger partial charge on any atom is 0.306 e. The summed E-state index contributed by atoms with van der Waals surface area (Å²) in [4.78, 5) is 38.3. The summed E-state index contributed by atoms with van der Waals surface area (Å²) in [6.45, 7) is 6.53. The number of hydrogen-bond acceptors (Lipinski definition) is 6. The summed E-state index contributed by atoms with van der Waals surface area (Å²) in [5, 5.41) is 0. The molecule has 0 amide bonds. The molecule has 0 aromatic heterocycles. The Bertz CT molecular complexity index is 1570. The first kappa shape index (κ1) is 79.6. The van der Waals surface area contributed by atoms with E-state index < -0.39 is 6.10 Å². The summed E-state index contributed by atoms with van der Waals surface area (Å²) in [6, 6.07) is 0. The molecule has 1 atom stereocenters. The van der Waals surface area contributed by atoms with Gasteiger partial charge in [-0.2, -0.15) is 0 Å². The minimum atomic E-state index is -0.798. The van der Waals surface area contributed by atoms with E-state index in [-0.39, 0.29) is 37.5 Å². The van der Waals surface area contributed by atoms with Gasteiger partial charge in [-0.25, -0.2) is 0 Å². The van der Waals surface area contributed by atoms with Gasteiger partial charge in [0.05, 0.1) is 0 Å². The van der Waals surface area contributed by atoms with Gasteiger partial charge in [0, 0.05) is 19.3 Å². The van der Waals surface area contributed by atoms with Crippen molar-refractivity contribution in [1.29, 1.82) is 0 Å². The molecule has 0 N–H and O–H groups in total. The average Bonchev–Trinajstić information content (AvgIpc) is 3.48. The molecule has 0 rings (SSSR count). The normalized spacial score (nSPS) is 12.6. The van der Waals surface area contributed by atoms with Gasteiger partial charge in [-0.15, -0.1) is 0 Å². The van der Waals surface area contributed by atoms with Crippen molar-refractivity contribution in [2.75, 3.05) is 13.2 Å². The zero-order valence-corrected chi connectivity index (χ0v) is 55.2. The van der Waals surface area contributed by atoms with E-state index in [1.165, 1.54) is 231 Å². The van der Waals surface area contributed by atoms with Crippen molar-refractivity contribution in [3.63, 3.8) is 0 Å². The Labute approximate surface area is 515 Å². The van der Waals surface area contributed by atoms with Crippen LogP contribution in [0.3, 0.4) is 0 Å². The van der Waals surface area contributed by atoms with Crippen molar-refractivity contribution >= 4 is 17.9 Å². The number of carbonyl (C=O) groups is 3. The monoisotopic (exact) mass is 1160 g/mol. The van der Waals surface area contributed by atoms with Crippen LogP contribution in [-0.2, 0) is 28.6 Å². The molecule has 0 saturated carbocycles. The lowest BCUT2D eigenvalue weighted by Gasteiger charge is -2.18. The first-order valence-corrected chi connectivity index (χ1v) is 36.1. The molecule has 6 heteroatoms. The maximum absolute atomic E-state index is 12.9. The standard InChI is InChI=1S/C77H136O6/c1-4-7-10-13-16-19-22-24-26-28-30-32-33-34-35-36-37-38-39-40-41-42-43-45-46-48-50-52-55-58-61-64-67-70-76(79)82-73-74(72-81-75(78)69-66-63-60-57-54-21-18-15-12-9-6-3)83-77(80)71-68-65-62-59-56-53-51-49-47-44-31-29-27-25-23-20-17-14-11-8-5-2/h8,11,17,20,25,27-28,30-31,44,49,51,56,59,74H,4-7,9-10,12-16,18-19,21-24,26,29,32-43,45-48,50,52-55,57-58,60-73H2,1-3H3/b11-8-,20-17-,27-25-,30-28-,44-31-,51-49-,59-56-. The van der Waals surface area contributed by atoms with Crippen LogP contribution in [0.1, 0.15) is 367 Å². The van der Waals surface area contributed by atoms with Crippen LogP contribution in [0.2, 0.25) is 0 Å². The van der Waals surface area contributed by atoms with Crippen LogP contribution in [0, 0.1) is 0 Å². The highest BCUT2D eigenvalue weighted by atomic mass is 16.6. The molecule has 83 heavy (non-hydrogen) atoms. The summed E-state index contributed by atoms with van der Waals surface area (Å²) in [5.41, 5.74) is 0. The molecule has 480 valence electrons. The van der Waals surface area contributed by atoms with Gasteiger partial charge in [-0.3, -0.25) is 14.4 Å². The zero-order valence-electron chi connectivity index (χ0n) is 55.2. The number of hydrogen-bond donors (Lipinski definition) is 0. The second-order valence-corrected chi connectivity index (χ2v) is 24.1. The van der Waals surface area contributed by atoms with Crippen molar-refractivity contribution in [1.82, 2.24) is 0 Å². The number of esters is 3. The second kappa shape index (κ2) is 71.1. The Kier molecular flexibility index (Phi) is 68.2. The Hall–Kier alpha value is -3.41. The van der Waals surface area contributed by atoms with Crippen molar-refractivity contribution in [3.05, 3.63) is 85.1 Å². The topological polar surface area (TPSA) is 78.9 Å². The molecule has 0 aliphatic rings. The molecule has 0 heterocycles. The third-order valence-electron chi connectivity index (χ3n) is 15.9. The van der Waals surface area contributed by atoms with Gasteiger partial charge in [0.25, 0.3) is 0 Å². The fourth-order valence-corrected chi connectivity index (χ4v) is 10.5. The van der Waals surface area contributed by atoms with Gasteiger partial charge in [-0.1, -0.05) is 337 Å². The fourth-order valence-electron chi connectivity index (χ4n) is 10.5. The molecule has 1 unspecified atom stereocenters. The van der Waals surface area contributed by atoms with E-state index >= 15 is 0 Å². The van der Waals surface area contributed by atoms with Gasteiger partial charge in [0.1, 0.15) is 13.2 Å². The van der Waals surface area contributed by atoms with Crippen molar-refractivity contribution in [3.8, 4) is 0 Å². The minimum absolute atomic E-state index is 0.0901. The zero-order chi connectivity index (χ0) is 59.9. The fraction of sp³-hybridized carbons (Fsp3) is 0.779. The number of carbonyl (C=O) groups excluding carboxylic acids is 3.